The van der Waals surface area contributed by atoms with Crippen LogP contribution in [0.3, 0.4) is 0 Å². The molecule has 0 heterocycles. The van der Waals surface area contributed by atoms with Crippen LogP contribution >= 0.6 is 11.6 Å². The molecule has 0 unspecified atom stereocenters. The van der Waals surface area contributed by atoms with Gasteiger partial charge in [0.2, 0.25) is 5.91 Å². The van der Waals surface area contributed by atoms with E-state index in [2.05, 4.69) is 0 Å². The van der Waals surface area contributed by atoms with Crippen molar-refractivity contribution in [3.8, 4) is 0 Å². The van der Waals surface area contributed by atoms with Gasteiger partial charge in [0, 0.05) is 26.3 Å². The third-order valence-electron chi connectivity index (χ3n) is 2.83. The maximum atomic E-state index is 12.5. The van der Waals surface area contributed by atoms with Crippen molar-refractivity contribution < 1.29 is 9.59 Å². The lowest BCUT2D eigenvalue weighted by atomic mass is 10.1. The van der Waals surface area contributed by atoms with Crippen molar-refractivity contribution in [2.45, 2.75) is 13.3 Å². The van der Waals surface area contributed by atoms with Crippen LogP contribution in [0.2, 0.25) is 5.02 Å². The summed E-state index contributed by atoms with van der Waals surface area (Å²) >= 11 is 6.04. The smallest absolute Gasteiger partial charge is 0.255 e. The molecule has 1 rings (SSSR count). The van der Waals surface area contributed by atoms with E-state index in [0.29, 0.717) is 22.8 Å². The molecule has 0 aliphatic heterocycles. The number of amides is 2. The van der Waals surface area contributed by atoms with Crippen LogP contribution in [0.5, 0.6) is 0 Å². The summed E-state index contributed by atoms with van der Waals surface area (Å²) in [4.78, 5) is 27.2. The van der Waals surface area contributed by atoms with Gasteiger partial charge in [0.25, 0.3) is 5.91 Å². The normalized spacial score (nSPS) is 10.2. The molecule has 0 aliphatic rings. The molecule has 2 amide bonds. The lowest BCUT2D eigenvalue weighted by Crippen LogP contribution is -2.40. The third-order valence-corrected chi connectivity index (χ3v) is 3.16. The molecule has 0 radical (unpaired) electrons. The number of nitrogen functional groups attached to an aromatic ring is 1. The fourth-order valence-corrected chi connectivity index (χ4v) is 1.90. The molecule has 0 spiro atoms. The van der Waals surface area contributed by atoms with Gasteiger partial charge in [-0.15, -0.1) is 0 Å². The zero-order valence-corrected chi connectivity index (χ0v) is 12.8. The van der Waals surface area contributed by atoms with Gasteiger partial charge in [0.1, 0.15) is 6.54 Å². The molecule has 20 heavy (non-hydrogen) atoms. The number of halogens is 1. The molecule has 110 valence electrons. The molecule has 1 aromatic carbocycles. The number of rotatable bonds is 5. The van der Waals surface area contributed by atoms with Crippen LogP contribution in [0.25, 0.3) is 0 Å². The summed E-state index contributed by atoms with van der Waals surface area (Å²) < 4.78 is 0. The first kappa shape index (κ1) is 16.3. The molecule has 0 atom stereocenters. The van der Waals surface area contributed by atoms with Crippen molar-refractivity contribution in [1.29, 1.82) is 0 Å². The van der Waals surface area contributed by atoms with Crippen molar-refractivity contribution in [2.75, 3.05) is 32.9 Å². The molecule has 0 aliphatic carbocycles. The second kappa shape index (κ2) is 7.14. The van der Waals surface area contributed by atoms with E-state index in [-0.39, 0.29) is 18.4 Å². The summed E-state index contributed by atoms with van der Waals surface area (Å²) in [7, 11) is 3.31. The first-order chi connectivity index (χ1) is 9.36. The zero-order valence-electron chi connectivity index (χ0n) is 12.0. The Morgan fingerprint density at radius 3 is 2.50 bits per heavy atom. The van der Waals surface area contributed by atoms with E-state index in [1.165, 1.54) is 15.9 Å². The highest BCUT2D eigenvalue weighted by molar-refractivity contribution is 6.34. The summed E-state index contributed by atoms with van der Waals surface area (Å²) in [5.41, 5.74) is 6.48. The number of carbonyl (C=O) groups excluding carboxylic acids is 2. The molecule has 0 fully saturated rings. The summed E-state index contributed by atoms with van der Waals surface area (Å²) in [5, 5.41) is 0.336. The molecule has 0 saturated carbocycles. The van der Waals surface area contributed by atoms with Gasteiger partial charge in [-0.1, -0.05) is 18.5 Å². The Bertz CT molecular complexity index is 503. The Hall–Kier alpha value is -1.75. The van der Waals surface area contributed by atoms with Gasteiger partial charge in [0.15, 0.2) is 0 Å². The summed E-state index contributed by atoms with van der Waals surface area (Å²) in [6, 6.07) is 4.75. The highest BCUT2D eigenvalue weighted by Gasteiger charge is 2.21. The van der Waals surface area contributed by atoms with Crippen LogP contribution in [0, 0.1) is 0 Å². The molecule has 0 saturated heterocycles. The average Bonchev–Trinajstić information content (AvgIpc) is 2.40. The fourth-order valence-electron chi connectivity index (χ4n) is 1.70. The predicted molar refractivity (Wildman–Crippen MR) is 80.8 cm³/mol. The standard InChI is InChI=1S/C14H20ClN3O2/c1-4-7-18(9-13(19)17(2)3)14(20)11-8-10(16)5-6-12(11)15/h5-6,8H,4,7,9,16H2,1-3H3. The Morgan fingerprint density at radius 2 is 1.95 bits per heavy atom. The number of carbonyl (C=O) groups is 2. The van der Waals surface area contributed by atoms with Crippen molar-refractivity contribution >= 4 is 29.1 Å². The number of benzene rings is 1. The lowest BCUT2D eigenvalue weighted by Gasteiger charge is -2.24. The van der Waals surface area contributed by atoms with E-state index in [4.69, 9.17) is 17.3 Å². The molecule has 0 aromatic heterocycles. The third kappa shape index (κ3) is 4.13. The minimum Gasteiger partial charge on any atom is -0.399 e. The number of nitrogens with two attached hydrogens (primary N) is 1. The number of anilines is 1. The molecule has 2 N–H and O–H groups in total. The van der Waals surface area contributed by atoms with Gasteiger partial charge in [0.05, 0.1) is 10.6 Å². The maximum Gasteiger partial charge on any atom is 0.255 e. The van der Waals surface area contributed by atoms with Crippen molar-refractivity contribution in [2.24, 2.45) is 0 Å². The number of hydrogen-bond donors (Lipinski definition) is 1. The van der Waals surface area contributed by atoms with Gasteiger partial charge < -0.3 is 15.5 Å². The Balaban J connectivity index is 2.99. The first-order valence-corrected chi connectivity index (χ1v) is 6.79. The fraction of sp³-hybridized carbons (Fsp3) is 0.429. The van der Waals surface area contributed by atoms with E-state index in [1.807, 2.05) is 6.92 Å². The quantitative estimate of drug-likeness (QED) is 0.844. The van der Waals surface area contributed by atoms with Crippen molar-refractivity contribution in [3.63, 3.8) is 0 Å². The van der Waals surface area contributed by atoms with Gasteiger partial charge in [-0.25, -0.2) is 0 Å². The van der Waals surface area contributed by atoms with Crippen LogP contribution in [0.15, 0.2) is 18.2 Å². The molecular formula is C14H20ClN3O2. The zero-order chi connectivity index (χ0) is 15.3. The molecular weight excluding hydrogens is 278 g/mol. The highest BCUT2D eigenvalue weighted by atomic mass is 35.5. The van der Waals surface area contributed by atoms with Gasteiger partial charge in [-0.2, -0.15) is 0 Å². The second-order valence-corrected chi connectivity index (χ2v) is 5.16. The SMILES string of the molecule is CCCN(CC(=O)N(C)C)C(=O)c1cc(N)ccc1Cl. The van der Waals surface area contributed by atoms with Crippen LogP contribution in [0.1, 0.15) is 23.7 Å². The van der Waals surface area contributed by atoms with E-state index in [9.17, 15) is 9.59 Å². The van der Waals surface area contributed by atoms with Crippen LogP contribution in [-0.4, -0.2) is 48.8 Å². The van der Waals surface area contributed by atoms with E-state index < -0.39 is 0 Å². The molecule has 5 nitrogen and oxygen atoms in total. The largest absolute Gasteiger partial charge is 0.399 e. The molecule has 6 heteroatoms. The van der Waals surface area contributed by atoms with Crippen LogP contribution < -0.4 is 5.73 Å². The minimum atomic E-state index is -0.278. The summed E-state index contributed by atoms with van der Waals surface area (Å²) in [6.45, 7) is 2.47. The summed E-state index contributed by atoms with van der Waals surface area (Å²) in [5.74, 6) is -0.411. The monoisotopic (exact) mass is 297 g/mol. The van der Waals surface area contributed by atoms with Gasteiger partial charge >= 0.3 is 0 Å². The topological polar surface area (TPSA) is 66.6 Å². The van der Waals surface area contributed by atoms with E-state index in [1.54, 1.807) is 26.2 Å². The Kier molecular flexibility index (Phi) is 5.82. The van der Waals surface area contributed by atoms with Crippen LogP contribution in [0.4, 0.5) is 5.69 Å². The van der Waals surface area contributed by atoms with Crippen molar-refractivity contribution in [1.82, 2.24) is 9.80 Å². The first-order valence-electron chi connectivity index (χ1n) is 6.41. The second-order valence-electron chi connectivity index (χ2n) is 4.75. The van der Waals surface area contributed by atoms with Crippen LogP contribution in [-0.2, 0) is 4.79 Å². The number of nitrogens with zero attached hydrogens (tertiary/aromatic N) is 2. The predicted octanol–water partition coefficient (Wildman–Crippen LogP) is 1.86. The van der Waals surface area contributed by atoms with E-state index in [0.717, 1.165) is 6.42 Å². The number of likely N-dealkylation sites (N-methyl/N-ethyl adjacent to an activating group) is 1. The molecule has 1 aromatic rings. The Labute approximate surface area is 124 Å². The Morgan fingerprint density at radius 1 is 1.30 bits per heavy atom. The lowest BCUT2D eigenvalue weighted by molar-refractivity contribution is -0.129. The van der Waals surface area contributed by atoms with Gasteiger partial charge in [-0.05, 0) is 24.6 Å². The number of hydrogen-bond acceptors (Lipinski definition) is 3. The van der Waals surface area contributed by atoms with E-state index >= 15 is 0 Å². The minimum absolute atomic E-state index is 0.0325. The maximum absolute atomic E-state index is 12.5. The average molecular weight is 298 g/mol. The molecule has 0 bridgehead atoms. The van der Waals surface area contributed by atoms with Gasteiger partial charge in [-0.3, -0.25) is 9.59 Å². The summed E-state index contributed by atoms with van der Waals surface area (Å²) in [6.07, 6.45) is 0.756. The highest BCUT2D eigenvalue weighted by Crippen LogP contribution is 2.20. The van der Waals surface area contributed by atoms with Crippen molar-refractivity contribution in [3.05, 3.63) is 28.8 Å².